The SMILES string of the molecule is CN1C(=O)c2cc(NC(=O)C3CCCC3)ccc2OC[C@H]2O[C@@H](CC(=O)Nc3ccccc3)CC[C@H]21. The highest BCUT2D eigenvalue weighted by molar-refractivity contribution is 6.00. The van der Waals surface area contributed by atoms with Gasteiger partial charge in [-0.25, -0.2) is 0 Å². The molecular weight excluding hydrogens is 458 g/mol. The van der Waals surface area contributed by atoms with E-state index in [1.54, 1.807) is 30.1 Å². The van der Waals surface area contributed by atoms with Gasteiger partial charge in [-0.3, -0.25) is 14.4 Å². The summed E-state index contributed by atoms with van der Waals surface area (Å²) in [6, 6.07) is 14.4. The average Bonchev–Trinajstić information content (AvgIpc) is 3.42. The number of rotatable bonds is 5. The number of amides is 3. The van der Waals surface area contributed by atoms with Gasteiger partial charge in [0.25, 0.3) is 5.91 Å². The maximum Gasteiger partial charge on any atom is 0.257 e. The van der Waals surface area contributed by atoms with E-state index in [2.05, 4.69) is 10.6 Å². The van der Waals surface area contributed by atoms with E-state index in [9.17, 15) is 14.4 Å². The van der Waals surface area contributed by atoms with Gasteiger partial charge in [-0.05, 0) is 56.0 Å². The van der Waals surface area contributed by atoms with Crippen LogP contribution in [0.3, 0.4) is 0 Å². The first-order chi connectivity index (χ1) is 17.5. The van der Waals surface area contributed by atoms with Gasteiger partial charge in [-0.1, -0.05) is 31.0 Å². The Bertz CT molecular complexity index is 1120. The number of nitrogens with zero attached hydrogens (tertiary/aromatic N) is 1. The Kier molecular flexibility index (Phi) is 7.23. The third-order valence-corrected chi connectivity index (χ3v) is 7.48. The predicted molar refractivity (Wildman–Crippen MR) is 136 cm³/mol. The predicted octanol–water partition coefficient (Wildman–Crippen LogP) is 4.22. The van der Waals surface area contributed by atoms with Crippen molar-refractivity contribution in [2.24, 2.45) is 5.92 Å². The van der Waals surface area contributed by atoms with E-state index in [4.69, 9.17) is 9.47 Å². The van der Waals surface area contributed by atoms with E-state index >= 15 is 0 Å². The van der Waals surface area contributed by atoms with Gasteiger partial charge in [-0.15, -0.1) is 0 Å². The van der Waals surface area contributed by atoms with Crippen molar-refractivity contribution in [1.29, 1.82) is 0 Å². The Morgan fingerprint density at radius 3 is 2.53 bits per heavy atom. The molecule has 2 N–H and O–H groups in total. The van der Waals surface area contributed by atoms with Crippen molar-refractivity contribution >= 4 is 29.1 Å². The summed E-state index contributed by atoms with van der Waals surface area (Å²) in [7, 11) is 1.78. The highest BCUT2D eigenvalue weighted by Crippen LogP contribution is 2.33. The van der Waals surface area contributed by atoms with Crippen LogP contribution in [0.1, 0.15) is 55.3 Å². The molecule has 8 nitrogen and oxygen atoms in total. The van der Waals surface area contributed by atoms with E-state index < -0.39 is 0 Å². The van der Waals surface area contributed by atoms with Gasteiger partial charge in [0, 0.05) is 24.3 Å². The number of anilines is 2. The molecule has 2 aromatic rings. The van der Waals surface area contributed by atoms with Gasteiger partial charge < -0.3 is 25.0 Å². The lowest BCUT2D eigenvalue weighted by Crippen LogP contribution is -2.53. The minimum atomic E-state index is -0.336. The summed E-state index contributed by atoms with van der Waals surface area (Å²) in [6.45, 7) is 0.278. The molecule has 2 aromatic carbocycles. The van der Waals surface area contributed by atoms with Crippen LogP contribution in [0.2, 0.25) is 0 Å². The maximum atomic E-state index is 13.4. The van der Waals surface area contributed by atoms with E-state index in [0.717, 1.165) is 31.4 Å². The highest BCUT2D eigenvalue weighted by Gasteiger charge is 2.39. The second-order valence-electron chi connectivity index (χ2n) is 9.97. The molecule has 3 atom stereocenters. The van der Waals surface area contributed by atoms with Gasteiger partial charge >= 0.3 is 0 Å². The third-order valence-electron chi connectivity index (χ3n) is 7.48. The van der Waals surface area contributed by atoms with Crippen LogP contribution < -0.4 is 15.4 Å². The summed E-state index contributed by atoms with van der Waals surface area (Å²) in [4.78, 5) is 40.2. The minimum Gasteiger partial charge on any atom is -0.490 e. The smallest absolute Gasteiger partial charge is 0.257 e. The summed E-state index contributed by atoms with van der Waals surface area (Å²) in [5.41, 5.74) is 1.80. The molecule has 0 bridgehead atoms. The number of carbonyl (C=O) groups is 3. The number of para-hydroxylation sites is 1. The van der Waals surface area contributed by atoms with Gasteiger partial charge in [0.15, 0.2) is 0 Å². The molecular formula is C28H33N3O5. The molecule has 1 aliphatic carbocycles. The normalized spacial score (nSPS) is 24.1. The number of hydrogen-bond acceptors (Lipinski definition) is 5. The molecule has 0 radical (unpaired) electrons. The zero-order chi connectivity index (χ0) is 25.1. The fourth-order valence-electron chi connectivity index (χ4n) is 5.48. The van der Waals surface area contributed by atoms with E-state index in [1.807, 2.05) is 30.3 Å². The lowest BCUT2D eigenvalue weighted by molar-refractivity contribution is -0.130. The van der Waals surface area contributed by atoms with Crippen LogP contribution in [0.4, 0.5) is 11.4 Å². The Balaban J connectivity index is 1.24. The molecule has 8 heteroatoms. The molecule has 1 saturated heterocycles. The van der Waals surface area contributed by atoms with Crippen LogP contribution in [-0.4, -0.2) is 54.5 Å². The molecule has 2 heterocycles. The van der Waals surface area contributed by atoms with Gasteiger partial charge in [-0.2, -0.15) is 0 Å². The zero-order valence-corrected chi connectivity index (χ0v) is 20.6. The maximum absolute atomic E-state index is 13.4. The topological polar surface area (TPSA) is 97.0 Å². The Morgan fingerprint density at radius 2 is 1.75 bits per heavy atom. The molecule has 0 spiro atoms. The lowest BCUT2D eigenvalue weighted by atomic mass is 9.94. The largest absolute Gasteiger partial charge is 0.490 e. The zero-order valence-electron chi connectivity index (χ0n) is 20.6. The average molecular weight is 492 g/mol. The third kappa shape index (κ3) is 5.38. The molecule has 2 fully saturated rings. The van der Waals surface area contributed by atoms with Crippen molar-refractivity contribution in [2.75, 3.05) is 24.3 Å². The number of likely N-dealkylation sites (N-methyl/N-ethyl adjacent to an activating group) is 1. The fourth-order valence-corrected chi connectivity index (χ4v) is 5.48. The molecule has 2 aliphatic heterocycles. The number of carbonyl (C=O) groups excluding carboxylic acids is 3. The van der Waals surface area contributed by atoms with Gasteiger partial charge in [0.05, 0.1) is 24.1 Å². The minimum absolute atomic E-state index is 0.0168. The molecule has 3 amide bonds. The summed E-state index contributed by atoms with van der Waals surface area (Å²) in [6.07, 6.45) is 5.06. The molecule has 190 valence electrons. The quantitative estimate of drug-likeness (QED) is 0.653. The van der Waals surface area contributed by atoms with Crippen LogP contribution in [-0.2, 0) is 14.3 Å². The standard InChI is InChI=1S/C28H33N3O5/c1-31-23-13-12-21(16-26(32)29-19-9-3-2-4-10-19)36-25(23)17-35-24-14-11-20(15-22(24)28(31)34)30-27(33)18-7-5-6-8-18/h2-4,9-11,14-15,18,21,23,25H,5-8,12-13,16-17H2,1H3,(H,29,32)(H,30,33)/t21-,23-,25-/m1/s1. The van der Waals surface area contributed by atoms with Crippen molar-refractivity contribution in [2.45, 2.75) is 63.2 Å². The van der Waals surface area contributed by atoms with Gasteiger partial charge in [0.1, 0.15) is 18.5 Å². The molecule has 3 aliphatic rings. The first-order valence-electron chi connectivity index (χ1n) is 12.8. The van der Waals surface area contributed by atoms with Crippen LogP contribution in [0.15, 0.2) is 48.5 Å². The van der Waals surface area contributed by atoms with Crippen LogP contribution >= 0.6 is 0 Å². The van der Waals surface area contributed by atoms with Crippen LogP contribution in [0, 0.1) is 5.92 Å². The highest BCUT2D eigenvalue weighted by atomic mass is 16.5. The van der Waals surface area contributed by atoms with Crippen molar-refractivity contribution in [3.63, 3.8) is 0 Å². The van der Waals surface area contributed by atoms with E-state index in [-0.39, 0.29) is 54.9 Å². The molecule has 36 heavy (non-hydrogen) atoms. The summed E-state index contributed by atoms with van der Waals surface area (Å²) < 4.78 is 12.3. The van der Waals surface area contributed by atoms with E-state index in [1.165, 1.54) is 0 Å². The lowest BCUT2D eigenvalue weighted by Gasteiger charge is -2.42. The molecule has 0 aromatic heterocycles. The van der Waals surface area contributed by atoms with Crippen LogP contribution in [0.5, 0.6) is 5.75 Å². The number of nitrogens with one attached hydrogen (secondary N) is 2. The van der Waals surface area contributed by atoms with E-state index in [0.29, 0.717) is 29.8 Å². The van der Waals surface area contributed by atoms with Crippen molar-refractivity contribution < 1.29 is 23.9 Å². The second kappa shape index (κ2) is 10.7. The Morgan fingerprint density at radius 1 is 0.972 bits per heavy atom. The number of fused-ring (bicyclic) bond motifs is 2. The first kappa shape index (κ1) is 24.3. The van der Waals surface area contributed by atoms with Crippen molar-refractivity contribution in [3.05, 3.63) is 54.1 Å². The monoisotopic (exact) mass is 491 g/mol. The number of hydrogen-bond donors (Lipinski definition) is 2. The fraction of sp³-hybridized carbons (Fsp3) is 0.464. The first-order valence-corrected chi connectivity index (χ1v) is 12.8. The molecule has 1 saturated carbocycles. The number of benzene rings is 2. The van der Waals surface area contributed by atoms with Crippen molar-refractivity contribution in [3.8, 4) is 5.75 Å². The summed E-state index contributed by atoms with van der Waals surface area (Å²) in [5.74, 6) is 0.267. The van der Waals surface area contributed by atoms with Crippen LogP contribution in [0.25, 0.3) is 0 Å². The second-order valence-corrected chi connectivity index (χ2v) is 9.97. The Hall–Kier alpha value is -3.39. The molecule has 5 rings (SSSR count). The summed E-state index contributed by atoms with van der Waals surface area (Å²) in [5, 5.41) is 5.88. The molecule has 0 unspecified atom stereocenters. The summed E-state index contributed by atoms with van der Waals surface area (Å²) >= 11 is 0. The Labute approximate surface area is 211 Å². The number of ether oxygens (including phenoxy) is 2. The van der Waals surface area contributed by atoms with Crippen molar-refractivity contribution in [1.82, 2.24) is 4.90 Å². The van der Waals surface area contributed by atoms with Gasteiger partial charge in [0.2, 0.25) is 11.8 Å².